The Labute approximate surface area is 109 Å². The maximum atomic E-state index is 11.9. The molecule has 0 bridgehead atoms. The first-order valence-electron chi connectivity index (χ1n) is 5.72. The van der Waals surface area contributed by atoms with Crippen molar-refractivity contribution >= 4 is 11.2 Å². The van der Waals surface area contributed by atoms with Crippen LogP contribution in [0.3, 0.4) is 0 Å². The number of H-pyrrole nitrogens is 2. The molecule has 0 aromatic carbocycles. The van der Waals surface area contributed by atoms with Gasteiger partial charge in [-0.05, 0) is 0 Å². The molecule has 0 radical (unpaired) electrons. The van der Waals surface area contributed by atoms with Crippen LogP contribution in [-0.4, -0.2) is 65.2 Å². The molecule has 1 aliphatic rings. The average Bonchev–Trinajstić information content (AvgIpc) is 2.99. The van der Waals surface area contributed by atoms with Crippen molar-refractivity contribution in [2.45, 2.75) is 24.5 Å². The van der Waals surface area contributed by atoms with Crippen molar-refractivity contribution in [3.05, 3.63) is 20.8 Å². The normalized spacial score (nSPS) is 30.1. The van der Waals surface area contributed by atoms with Crippen molar-refractivity contribution in [3.8, 4) is 0 Å². The van der Waals surface area contributed by atoms with Gasteiger partial charge in [0.2, 0.25) is 0 Å². The SMILES string of the molecule is O=c1[nH]c(=O)n([C@@H]2O[C@H](CO)[C@@H](O)[C@H]2O)c2n[nH]nc12. The van der Waals surface area contributed by atoms with Crippen molar-refractivity contribution in [2.75, 3.05) is 6.61 Å². The lowest BCUT2D eigenvalue weighted by molar-refractivity contribution is -0.0530. The van der Waals surface area contributed by atoms with Gasteiger partial charge in [-0.2, -0.15) is 5.21 Å². The molecule has 0 amide bonds. The fourth-order valence-electron chi connectivity index (χ4n) is 2.19. The Morgan fingerprint density at radius 3 is 2.65 bits per heavy atom. The number of ether oxygens (including phenoxy) is 1. The minimum atomic E-state index is -1.46. The van der Waals surface area contributed by atoms with E-state index in [1.54, 1.807) is 0 Å². The number of nitrogens with one attached hydrogen (secondary N) is 2. The van der Waals surface area contributed by atoms with Gasteiger partial charge in [0.15, 0.2) is 17.4 Å². The number of fused-ring (bicyclic) bond motifs is 1. The quantitative estimate of drug-likeness (QED) is 0.377. The van der Waals surface area contributed by atoms with Crippen LogP contribution in [0, 0.1) is 0 Å². The van der Waals surface area contributed by atoms with Crippen LogP contribution in [0.5, 0.6) is 0 Å². The molecule has 1 fully saturated rings. The zero-order valence-electron chi connectivity index (χ0n) is 9.92. The van der Waals surface area contributed by atoms with E-state index in [0.717, 1.165) is 4.57 Å². The topological polar surface area (TPSA) is 166 Å². The fraction of sp³-hybridized carbons (Fsp3) is 0.556. The van der Waals surface area contributed by atoms with Gasteiger partial charge in [0.05, 0.1) is 6.61 Å². The van der Waals surface area contributed by atoms with Crippen LogP contribution >= 0.6 is 0 Å². The molecule has 2 aromatic rings. The Kier molecular flexibility index (Phi) is 2.90. The van der Waals surface area contributed by atoms with Crippen LogP contribution in [0.4, 0.5) is 0 Å². The predicted molar refractivity (Wildman–Crippen MR) is 61.8 cm³/mol. The van der Waals surface area contributed by atoms with Crippen molar-refractivity contribution in [3.63, 3.8) is 0 Å². The van der Waals surface area contributed by atoms with Gasteiger partial charge in [0, 0.05) is 0 Å². The standard InChI is InChI=1S/C9H11N5O6/c15-1-2-4(16)5(17)8(20-2)14-6-3(11-13-12-6)7(18)10-9(14)19/h2,4-5,8,15-17H,1H2,(H,10,18,19)(H,11,12,13)/t2-,4-,5-,8-/m1/s1. The molecule has 0 spiro atoms. The second-order valence-electron chi connectivity index (χ2n) is 4.35. The van der Waals surface area contributed by atoms with Crippen LogP contribution in [0.25, 0.3) is 11.2 Å². The molecule has 3 heterocycles. The number of aromatic nitrogens is 5. The van der Waals surface area contributed by atoms with E-state index in [1.807, 2.05) is 4.98 Å². The van der Waals surface area contributed by atoms with Crippen molar-refractivity contribution < 1.29 is 20.1 Å². The second kappa shape index (κ2) is 4.49. The van der Waals surface area contributed by atoms with Gasteiger partial charge in [0.25, 0.3) is 5.56 Å². The van der Waals surface area contributed by atoms with Crippen molar-refractivity contribution in [1.29, 1.82) is 0 Å². The van der Waals surface area contributed by atoms with Crippen LogP contribution in [0.1, 0.15) is 6.23 Å². The van der Waals surface area contributed by atoms with Gasteiger partial charge in [-0.25, -0.2) is 9.36 Å². The molecule has 5 N–H and O–H groups in total. The molecule has 0 saturated carbocycles. The van der Waals surface area contributed by atoms with Gasteiger partial charge < -0.3 is 20.1 Å². The number of nitrogens with zero attached hydrogens (tertiary/aromatic N) is 3. The van der Waals surface area contributed by atoms with E-state index in [2.05, 4.69) is 15.4 Å². The molecule has 3 rings (SSSR count). The van der Waals surface area contributed by atoms with Gasteiger partial charge in [0.1, 0.15) is 18.3 Å². The van der Waals surface area contributed by atoms with Gasteiger partial charge in [-0.1, -0.05) is 0 Å². The molecule has 1 saturated heterocycles. The Morgan fingerprint density at radius 1 is 1.25 bits per heavy atom. The first-order chi connectivity index (χ1) is 9.54. The second-order valence-corrected chi connectivity index (χ2v) is 4.35. The lowest BCUT2D eigenvalue weighted by Crippen LogP contribution is -2.38. The number of hydrogen-bond donors (Lipinski definition) is 5. The maximum absolute atomic E-state index is 11.9. The highest BCUT2D eigenvalue weighted by Crippen LogP contribution is 2.29. The van der Waals surface area contributed by atoms with E-state index in [1.165, 1.54) is 0 Å². The molecule has 11 heteroatoms. The summed E-state index contributed by atoms with van der Waals surface area (Å²) in [5, 5.41) is 38.1. The largest absolute Gasteiger partial charge is 0.394 e. The van der Waals surface area contributed by atoms with Gasteiger partial charge >= 0.3 is 5.69 Å². The molecule has 0 aliphatic carbocycles. The maximum Gasteiger partial charge on any atom is 0.332 e. The van der Waals surface area contributed by atoms with E-state index < -0.39 is 42.4 Å². The zero-order chi connectivity index (χ0) is 14.4. The van der Waals surface area contributed by atoms with Gasteiger partial charge in [-0.3, -0.25) is 9.78 Å². The van der Waals surface area contributed by atoms with Gasteiger partial charge in [-0.15, -0.1) is 10.2 Å². The highest BCUT2D eigenvalue weighted by Gasteiger charge is 2.44. The van der Waals surface area contributed by atoms with Crippen LogP contribution in [0.15, 0.2) is 9.59 Å². The Bertz CT molecular complexity index is 749. The number of aliphatic hydroxyl groups excluding tert-OH is 3. The van der Waals surface area contributed by atoms with Crippen LogP contribution < -0.4 is 11.2 Å². The first kappa shape index (κ1) is 12.9. The Hall–Kier alpha value is -2.08. The monoisotopic (exact) mass is 285 g/mol. The van der Waals surface area contributed by atoms with E-state index in [9.17, 15) is 19.8 Å². The summed E-state index contributed by atoms with van der Waals surface area (Å²) in [5.74, 6) is 0. The van der Waals surface area contributed by atoms with E-state index in [0.29, 0.717) is 0 Å². The number of aliphatic hydroxyl groups is 3. The van der Waals surface area contributed by atoms with Crippen molar-refractivity contribution in [2.24, 2.45) is 0 Å². The van der Waals surface area contributed by atoms with Crippen molar-refractivity contribution in [1.82, 2.24) is 25.0 Å². The molecular formula is C9H11N5O6. The molecule has 0 unspecified atom stereocenters. The summed E-state index contributed by atoms with van der Waals surface area (Å²) in [6, 6.07) is 0. The van der Waals surface area contributed by atoms with Crippen LogP contribution in [-0.2, 0) is 4.74 Å². The highest BCUT2D eigenvalue weighted by molar-refractivity contribution is 5.67. The lowest BCUT2D eigenvalue weighted by atomic mass is 10.1. The minimum absolute atomic E-state index is 0.117. The molecule has 1 aliphatic heterocycles. The predicted octanol–water partition coefficient (Wildman–Crippen LogP) is -3.58. The summed E-state index contributed by atoms with van der Waals surface area (Å²) in [6.07, 6.45) is -5.17. The smallest absolute Gasteiger partial charge is 0.332 e. The number of hydrogen-bond acceptors (Lipinski definition) is 8. The summed E-state index contributed by atoms with van der Waals surface area (Å²) >= 11 is 0. The first-order valence-corrected chi connectivity index (χ1v) is 5.72. The Balaban J connectivity index is 2.18. The third-order valence-corrected chi connectivity index (χ3v) is 3.18. The molecule has 4 atom stereocenters. The highest BCUT2D eigenvalue weighted by atomic mass is 16.6. The molecule has 2 aromatic heterocycles. The lowest BCUT2D eigenvalue weighted by Gasteiger charge is -2.16. The summed E-state index contributed by atoms with van der Waals surface area (Å²) in [4.78, 5) is 25.4. The third kappa shape index (κ3) is 1.68. The summed E-state index contributed by atoms with van der Waals surface area (Å²) in [7, 11) is 0. The summed E-state index contributed by atoms with van der Waals surface area (Å²) in [6.45, 7) is -0.533. The molecular weight excluding hydrogens is 274 g/mol. The Morgan fingerprint density at radius 2 is 2.00 bits per heavy atom. The average molecular weight is 285 g/mol. The molecule has 108 valence electrons. The van der Waals surface area contributed by atoms with Crippen LogP contribution in [0.2, 0.25) is 0 Å². The van der Waals surface area contributed by atoms with E-state index in [4.69, 9.17) is 9.84 Å². The molecule has 11 nitrogen and oxygen atoms in total. The van der Waals surface area contributed by atoms with E-state index >= 15 is 0 Å². The third-order valence-electron chi connectivity index (χ3n) is 3.18. The minimum Gasteiger partial charge on any atom is -0.394 e. The summed E-state index contributed by atoms with van der Waals surface area (Å²) < 4.78 is 6.09. The zero-order valence-corrected chi connectivity index (χ0v) is 9.92. The fourth-order valence-corrected chi connectivity index (χ4v) is 2.19. The van der Waals surface area contributed by atoms with E-state index in [-0.39, 0.29) is 11.2 Å². The molecule has 20 heavy (non-hydrogen) atoms. The summed E-state index contributed by atoms with van der Waals surface area (Å²) in [5.41, 5.74) is -1.86. The number of aromatic amines is 2. The number of rotatable bonds is 2.